The van der Waals surface area contributed by atoms with Crippen molar-refractivity contribution in [2.75, 3.05) is 13.2 Å². The molecular weight excluding hydrogens is 724 g/mol. The van der Waals surface area contributed by atoms with Crippen LogP contribution in [0.1, 0.15) is 113 Å². The molecule has 0 aromatic carbocycles. The number of ether oxygens (including phenoxy) is 3. The quantitative estimate of drug-likeness (QED) is 0.134. The second-order valence-electron chi connectivity index (χ2n) is 21.3. The van der Waals surface area contributed by atoms with Crippen molar-refractivity contribution < 1.29 is 65.0 Å². The van der Waals surface area contributed by atoms with Gasteiger partial charge in [0.2, 0.25) is 0 Å². The van der Waals surface area contributed by atoms with Gasteiger partial charge in [-0.1, -0.05) is 60.1 Å². The second-order valence-corrected chi connectivity index (χ2v) is 21.3. The van der Waals surface area contributed by atoms with Crippen LogP contribution in [0.3, 0.4) is 0 Å². The number of aliphatic hydroxyl groups excluding tert-OH is 8. The first-order valence-electron chi connectivity index (χ1n) is 21.2. The van der Waals surface area contributed by atoms with Gasteiger partial charge in [0, 0.05) is 23.4 Å². The predicted octanol–water partition coefficient (Wildman–Crippen LogP) is 2.52. The molecule has 0 amide bonds. The molecular formula is C43H70O13. The molecule has 13 heteroatoms. The number of aliphatic carboxylic acids is 1. The zero-order chi connectivity index (χ0) is 41.1. The van der Waals surface area contributed by atoms with Crippen molar-refractivity contribution in [1.82, 2.24) is 0 Å². The van der Waals surface area contributed by atoms with Crippen LogP contribution in [-0.4, -0.2) is 132 Å². The molecule has 0 radical (unpaired) electrons. The minimum Gasteiger partial charge on any atom is -0.479 e. The lowest BCUT2D eigenvalue weighted by Gasteiger charge is -2.72. The van der Waals surface area contributed by atoms with Crippen LogP contribution in [0.5, 0.6) is 0 Å². The van der Waals surface area contributed by atoms with E-state index in [-0.39, 0.29) is 52.1 Å². The molecule has 6 fully saturated rings. The lowest BCUT2D eigenvalue weighted by atomic mass is 9.33. The molecule has 1 heterocycles. The molecule has 56 heavy (non-hydrogen) atoms. The van der Waals surface area contributed by atoms with Gasteiger partial charge in [-0.05, 0) is 104 Å². The third kappa shape index (κ3) is 6.22. The maximum Gasteiger partial charge on any atom is 0.335 e. The molecule has 0 bridgehead atoms. The molecule has 5 saturated carbocycles. The smallest absolute Gasteiger partial charge is 0.335 e. The average Bonchev–Trinajstić information content (AvgIpc) is 3.13. The highest BCUT2D eigenvalue weighted by molar-refractivity contribution is 5.73. The van der Waals surface area contributed by atoms with Gasteiger partial charge >= 0.3 is 5.97 Å². The number of hydrogen-bond acceptors (Lipinski definition) is 12. The molecule has 7 rings (SSSR count). The largest absolute Gasteiger partial charge is 0.479 e. The molecule has 1 aliphatic heterocycles. The zero-order valence-corrected chi connectivity index (χ0v) is 34.4. The van der Waals surface area contributed by atoms with Gasteiger partial charge in [0.15, 0.2) is 12.4 Å². The summed E-state index contributed by atoms with van der Waals surface area (Å²) in [6.45, 7) is 15.5. The Hall–Kier alpha value is -1.23. The summed E-state index contributed by atoms with van der Waals surface area (Å²) in [5.41, 5.74) is 0.373. The van der Waals surface area contributed by atoms with Gasteiger partial charge in [-0.3, -0.25) is 0 Å². The molecule has 0 aromatic rings. The van der Waals surface area contributed by atoms with E-state index in [0.717, 1.165) is 51.4 Å². The first kappa shape index (κ1) is 42.9. The monoisotopic (exact) mass is 794 g/mol. The number of fused-ring (bicyclic) bond motifs is 7. The minimum absolute atomic E-state index is 0.00975. The summed E-state index contributed by atoms with van der Waals surface area (Å²) in [6, 6.07) is 0. The zero-order valence-electron chi connectivity index (χ0n) is 34.4. The first-order valence-corrected chi connectivity index (χ1v) is 21.2. The van der Waals surface area contributed by atoms with E-state index >= 15 is 0 Å². The third-order valence-corrected chi connectivity index (χ3v) is 18.0. The van der Waals surface area contributed by atoms with E-state index in [1.54, 1.807) is 0 Å². The maximum atomic E-state index is 12.2. The number of carbonyl (C=O) groups is 1. The van der Waals surface area contributed by atoms with Crippen LogP contribution in [0.2, 0.25) is 0 Å². The van der Waals surface area contributed by atoms with E-state index in [9.17, 15) is 50.8 Å². The number of carboxylic acids is 1. The molecule has 7 aliphatic rings. The lowest BCUT2D eigenvalue weighted by molar-refractivity contribution is -0.345. The molecule has 13 nitrogen and oxygen atoms in total. The summed E-state index contributed by atoms with van der Waals surface area (Å²) in [6.07, 6.45) is -5.33. The molecule has 4 unspecified atom stereocenters. The Labute approximate surface area is 331 Å². The molecule has 0 spiro atoms. The van der Waals surface area contributed by atoms with Gasteiger partial charge in [0.05, 0.1) is 31.0 Å². The van der Waals surface area contributed by atoms with E-state index in [4.69, 9.17) is 14.2 Å². The molecule has 9 N–H and O–H groups in total. The topological polar surface area (TPSA) is 227 Å². The van der Waals surface area contributed by atoms with Crippen LogP contribution in [0, 0.1) is 56.2 Å². The number of carboxylic acid groups (broad SMARTS) is 1. The average molecular weight is 795 g/mol. The van der Waals surface area contributed by atoms with E-state index in [1.807, 2.05) is 6.92 Å². The van der Waals surface area contributed by atoms with E-state index in [0.29, 0.717) is 18.3 Å². The highest BCUT2D eigenvalue weighted by atomic mass is 16.7. The lowest BCUT2D eigenvalue weighted by Crippen LogP contribution is -2.67. The number of aliphatic hydroxyl groups is 8. The fourth-order valence-electron chi connectivity index (χ4n) is 14.2. The predicted molar refractivity (Wildman–Crippen MR) is 203 cm³/mol. The van der Waals surface area contributed by atoms with Crippen LogP contribution in [0.25, 0.3) is 0 Å². The van der Waals surface area contributed by atoms with Gasteiger partial charge in [-0.25, -0.2) is 4.79 Å². The van der Waals surface area contributed by atoms with Crippen molar-refractivity contribution >= 4 is 5.97 Å². The Morgan fingerprint density at radius 2 is 1.48 bits per heavy atom. The van der Waals surface area contributed by atoms with Gasteiger partial charge in [0.1, 0.15) is 30.5 Å². The third-order valence-electron chi connectivity index (χ3n) is 18.0. The standard InChI is InChI=1S/C43H70O13/c1-38(2)17-23-22-8-9-26-40(4)12-11-28(41(5,20-45)25(40)10-13-43(26,7)42(22,6)15-14-39(23,3)27(46)18-38)55-37-35(33(51)32(50)34(56-37)36(52)53)54-24-16-21(19-44)29(47)31(49)30(24)48/h8,21,23-35,37,44-51H,9-20H2,1-7H3,(H,52,53)/t21-,23-,24-,25?,26?,27+,28?,29+,30+,31+,32-,33+,34+,35-,37-,39-,40+,41?,42-,43-/m1/s1. The van der Waals surface area contributed by atoms with Gasteiger partial charge < -0.3 is 60.2 Å². The maximum absolute atomic E-state index is 12.2. The Bertz CT molecular complexity index is 1520. The fourth-order valence-corrected chi connectivity index (χ4v) is 14.2. The molecule has 1 saturated heterocycles. The summed E-state index contributed by atoms with van der Waals surface area (Å²) in [5, 5.41) is 96.6. The summed E-state index contributed by atoms with van der Waals surface area (Å²) in [4.78, 5) is 12.2. The van der Waals surface area contributed by atoms with E-state index < -0.39 is 85.1 Å². The van der Waals surface area contributed by atoms with Crippen LogP contribution in [0.15, 0.2) is 11.6 Å². The van der Waals surface area contributed by atoms with E-state index in [1.165, 1.54) is 5.57 Å². The van der Waals surface area contributed by atoms with Crippen molar-refractivity contribution in [2.24, 2.45) is 56.2 Å². The van der Waals surface area contributed by atoms with Gasteiger partial charge in [-0.2, -0.15) is 0 Å². The molecule has 20 atom stereocenters. The van der Waals surface area contributed by atoms with Crippen LogP contribution >= 0.6 is 0 Å². The number of rotatable bonds is 7. The normalized spacial score (nSPS) is 55.5. The Morgan fingerprint density at radius 1 is 0.786 bits per heavy atom. The summed E-state index contributed by atoms with van der Waals surface area (Å²) in [7, 11) is 0. The van der Waals surface area contributed by atoms with Crippen molar-refractivity contribution in [2.45, 2.75) is 180 Å². The molecule has 0 aromatic heterocycles. The molecule has 320 valence electrons. The first-order chi connectivity index (χ1) is 26.0. The summed E-state index contributed by atoms with van der Waals surface area (Å²) >= 11 is 0. The second kappa shape index (κ2) is 14.5. The van der Waals surface area contributed by atoms with Gasteiger partial charge in [0.25, 0.3) is 0 Å². The van der Waals surface area contributed by atoms with Crippen molar-refractivity contribution in [1.29, 1.82) is 0 Å². The fraction of sp³-hybridized carbons (Fsp3) is 0.930. The van der Waals surface area contributed by atoms with Crippen LogP contribution in [0.4, 0.5) is 0 Å². The minimum atomic E-state index is -1.91. The van der Waals surface area contributed by atoms with E-state index in [2.05, 4.69) is 47.6 Å². The SMILES string of the molecule is CC1(C)C[C@@H]2C3=CCC4[C@@]5(C)CCC(O[C@@H]6O[C@H](C(=O)O)[C@H](O)[C@H](O)[C@H]6O[C@@H]6C[C@H](CO)[C@H](O)[C@H](O)[C@H]6O)C(C)(CO)C5CC[C@@]4(C)[C@]3(C)CC[C@@]2(C)[C@@H](O)C1. The Kier molecular flexibility index (Phi) is 11.1. The number of hydrogen-bond donors (Lipinski definition) is 9. The highest BCUT2D eigenvalue weighted by Gasteiger charge is 2.69. The van der Waals surface area contributed by atoms with Gasteiger partial charge in [-0.15, -0.1) is 0 Å². The Balaban J connectivity index is 1.17. The Morgan fingerprint density at radius 3 is 2.12 bits per heavy atom. The summed E-state index contributed by atoms with van der Waals surface area (Å²) in [5.74, 6) is -1.73. The van der Waals surface area contributed by atoms with Crippen molar-refractivity contribution in [3.05, 3.63) is 11.6 Å². The summed E-state index contributed by atoms with van der Waals surface area (Å²) < 4.78 is 18.7. The highest BCUT2D eigenvalue weighted by Crippen LogP contribution is 2.76. The van der Waals surface area contributed by atoms with Crippen molar-refractivity contribution in [3.8, 4) is 0 Å². The number of allylic oxidation sites excluding steroid dienone is 2. The van der Waals surface area contributed by atoms with Crippen LogP contribution < -0.4 is 0 Å². The van der Waals surface area contributed by atoms with Crippen LogP contribution in [-0.2, 0) is 19.0 Å². The molecule has 6 aliphatic carbocycles. The van der Waals surface area contributed by atoms with Crippen molar-refractivity contribution in [3.63, 3.8) is 0 Å².